The lowest BCUT2D eigenvalue weighted by atomic mass is 9.87. The molecule has 0 spiro atoms. The summed E-state index contributed by atoms with van der Waals surface area (Å²) >= 11 is 0. The SMILES string of the molecule is CN(CC(=O)NC1CCCc2cc(N)ccc21)S(C)(=O)=O.Cl. The summed E-state index contributed by atoms with van der Waals surface area (Å²) in [4.78, 5) is 12.0. The number of nitrogens with one attached hydrogen (secondary N) is 1. The summed E-state index contributed by atoms with van der Waals surface area (Å²) in [5, 5.41) is 2.91. The second-order valence-electron chi connectivity index (χ2n) is 5.49. The van der Waals surface area contributed by atoms with Gasteiger partial charge in [0, 0.05) is 12.7 Å². The number of sulfonamides is 1. The number of halogens is 1. The first kappa shape index (κ1) is 18.7. The number of rotatable bonds is 4. The van der Waals surface area contributed by atoms with Gasteiger partial charge in [0.2, 0.25) is 15.9 Å². The number of nitrogens with zero attached hydrogens (tertiary/aromatic N) is 1. The molecule has 1 aromatic rings. The lowest BCUT2D eigenvalue weighted by Crippen LogP contribution is -2.40. The fourth-order valence-electron chi connectivity index (χ4n) is 2.54. The van der Waals surface area contributed by atoms with Gasteiger partial charge in [-0.05, 0) is 42.5 Å². The molecule has 1 unspecified atom stereocenters. The lowest BCUT2D eigenvalue weighted by Gasteiger charge is -2.27. The Hall–Kier alpha value is -1.31. The van der Waals surface area contributed by atoms with E-state index in [4.69, 9.17) is 5.73 Å². The van der Waals surface area contributed by atoms with Crippen molar-refractivity contribution in [1.29, 1.82) is 0 Å². The van der Waals surface area contributed by atoms with Crippen LogP contribution in [0.5, 0.6) is 0 Å². The van der Waals surface area contributed by atoms with E-state index >= 15 is 0 Å². The van der Waals surface area contributed by atoms with E-state index < -0.39 is 10.0 Å². The number of amides is 1. The van der Waals surface area contributed by atoms with Gasteiger partial charge in [0.05, 0.1) is 18.8 Å². The van der Waals surface area contributed by atoms with Crippen LogP contribution in [0.4, 0.5) is 5.69 Å². The van der Waals surface area contributed by atoms with Gasteiger partial charge in [-0.25, -0.2) is 8.42 Å². The molecule has 0 aliphatic heterocycles. The predicted octanol–water partition coefficient (Wildman–Crippen LogP) is 1.08. The number of nitrogen functional groups attached to an aromatic ring is 1. The number of anilines is 1. The Morgan fingerprint density at radius 1 is 1.45 bits per heavy atom. The molecule has 1 atom stereocenters. The van der Waals surface area contributed by atoms with Gasteiger partial charge >= 0.3 is 0 Å². The molecule has 0 saturated carbocycles. The quantitative estimate of drug-likeness (QED) is 0.797. The van der Waals surface area contributed by atoms with Crippen molar-refractivity contribution in [2.24, 2.45) is 0 Å². The van der Waals surface area contributed by atoms with Gasteiger partial charge in [-0.15, -0.1) is 12.4 Å². The molecule has 0 radical (unpaired) electrons. The van der Waals surface area contributed by atoms with Gasteiger partial charge in [0.1, 0.15) is 0 Å². The van der Waals surface area contributed by atoms with Crippen molar-refractivity contribution in [3.8, 4) is 0 Å². The number of likely N-dealkylation sites (N-methyl/N-ethyl adjacent to an activating group) is 1. The molecule has 0 fully saturated rings. The molecule has 0 saturated heterocycles. The van der Waals surface area contributed by atoms with Crippen LogP contribution < -0.4 is 11.1 Å². The maximum absolute atomic E-state index is 12.0. The van der Waals surface area contributed by atoms with Crippen molar-refractivity contribution in [2.75, 3.05) is 25.6 Å². The normalized spacial score (nSPS) is 17.5. The maximum Gasteiger partial charge on any atom is 0.235 e. The highest BCUT2D eigenvalue weighted by atomic mass is 35.5. The second kappa shape index (κ2) is 7.30. The minimum Gasteiger partial charge on any atom is -0.399 e. The summed E-state index contributed by atoms with van der Waals surface area (Å²) in [6, 6.07) is 5.63. The highest BCUT2D eigenvalue weighted by Gasteiger charge is 2.23. The minimum absolute atomic E-state index is 0. The number of fused-ring (bicyclic) bond motifs is 1. The Morgan fingerprint density at radius 3 is 2.77 bits per heavy atom. The minimum atomic E-state index is -3.35. The maximum atomic E-state index is 12.0. The molecular formula is C14H22ClN3O3S. The van der Waals surface area contributed by atoms with Gasteiger partial charge in [-0.2, -0.15) is 4.31 Å². The van der Waals surface area contributed by atoms with Crippen LogP contribution in [0, 0.1) is 0 Å². The predicted molar refractivity (Wildman–Crippen MR) is 89.4 cm³/mol. The van der Waals surface area contributed by atoms with Crippen molar-refractivity contribution < 1.29 is 13.2 Å². The third kappa shape index (κ3) is 4.59. The van der Waals surface area contributed by atoms with Crippen LogP contribution in [-0.2, 0) is 21.2 Å². The molecule has 0 aromatic heterocycles. The molecule has 3 N–H and O–H groups in total. The summed E-state index contributed by atoms with van der Waals surface area (Å²) < 4.78 is 23.7. The number of nitrogens with two attached hydrogens (primary N) is 1. The molecule has 6 nitrogen and oxygen atoms in total. The molecule has 0 heterocycles. The highest BCUT2D eigenvalue weighted by molar-refractivity contribution is 7.88. The zero-order valence-corrected chi connectivity index (χ0v) is 14.3. The van der Waals surface area contributed by atoms with E-state index in [1.807, 2.05) is 18.2 Å². The third-order valence-electron chi connectivity index (χ3n) is 3.75. The van der Waals surface area contributed by atoms with Crippen molar-refractivity contribution in [1.82, 2.24) is 9.62 Å². The van der Waals surface area contributed by atoms with Crippen LogP contribution in [0.25, 0.3) is 0 Å². The topological polar surface area (TPSA) is 92.5 Å². The summed E-state index contributed by atoms with van der Waals surface area (Å²) in [5.41, 5.74) is 8.73. The first-order chi connectivity index (χ1) is 9.77. The molecule has 8 heteroatoms. The summed E-state index contributed by atoms with van der Waals surface area (Å²) in [6.07, 6.45) is 3.86. The molecule has 1 aromatic carbocycles. The van der Waals surface area contributed by atoms with Gasteiger partial charge in [0.15, 0.2) is 0 Å². The number of carbonyl (C=O) groups excluding carboxylic acids is 1. The number of carbonyl (C=O) groups is 1. The molecule has 1 aliphatic rings. The van der Waals surface area contributed by atoms with E-state index in [2.05, 4.69) is 5.32 Å². The molecule has 22 heavy (non-hydrogen) atoms. The Morgan fingerprint density at radius 2 is 2.14 bits per heavy atom. The molecular weight excluding hydrogens is 326 g/mol. The number of benzene rings is 1. The summed E-state index contributed by atoms with van der Waals surface area (Å²) in [7, 11) is -1.96. The van der Waals surface area contributed by atoms with Gasteiger partial charge in [-0.1, -0.05) is 6.07 Å². The van der Waals surface area contributed by atoms with Gasteiger partial charge in [0.25, 0.3) is 0 Å². The van der Waals surface area contributed by atoms with E-state index in [0.717, 1.165) is 46.6 Å². The van der Waals surface area contributed by atoms with Crippen molar-refractivity contribution in [2.45, 2.75) is 25.3 Å². The van der Waals surface area contributed by atoms with Crippen LogP contribution in [0.3, 0.4) is 0 Å². The Balaban J connectivity index is 0.00000242. The second-order valence-corrected chi connectivity index (χ2v) is 7.58. The van der Waals surface area contributed by atoms with Crippen LogP contribution >= 0.6 is 12.4 Å². The van der Waals surface area contributed by atoms with Crippen LogP contribution in [0.1, 0.15) is 30.0 Å². The van der Waals surface area contributed by atoms with E-state index in [-0.39, 0.29) is 30.9 Å². The fourth-order valence-corrected chi connectivity index (χ4v) is 2.90. The lowest BCUT2D eigenvalue weighted by molar-refractivity contribution is -0.122. The Bertz CT molecular complexity index is 649. The summed E-state index contributed by atoms with van der Waals surface area (Å²) in [5.74, 6) is -0.294. The van der Waals surface area contributed by atoms with Crippen LogP contribution in [0.2, 0.25) is 0 Å². The molecule has 1 aliphatic carbocycles. The number of hydrogen-bond acceptors (Lipinski definition) is 4. The Labute approximate surface area is 137 Å². The van der Waals surface area contributed by atoms with Gasteiger partial charge in [-0.3, -0.25) is 4.79 Å². The third-order valence-corrected chi connectivity index (χ3v) is 5.01. The Kier molecular flexibility index (Phi) is 6.22. The zero-order valence-electron chi connectivity index (χ0n) is 12.7. The highest BCUT2D eigenvalue weighted by Crippen LogP contribution is 2.30. The van der Waals surface area contributed by atoms with E-state index in [9.17, 15) is 13.2 Å². The smallest absolute Gasteiger partial charge is 0.235 e. The van der Waals surface area contributed by atoms with E-state index in [1.165, 1.54) is 7.05 Å². The van der Waals surface area contributed by atoms with Gasteiger partial charge < -0.3 is 11.1 Å². The fraction of sp³-hybridized carbons (Fsp3) is 0.500. The van der Waals surface area contributed by atoms with E-state index in [1.54, 1.807) is 0 Å². The summed E-state index contributed by atoms with van der Waals surface area (Å²) in [6.45, 7) is -0.167. The van der Waals surface area contributed by atoms with Crippen LogP contribution in [-0.4, -0.2) is 38.5 Å². The monoisotopic (exact) mass is 347 g/mol. The van der Waals surface area contributed by atoms with Crippen molar-refractivity contribution in [3.63, 3.8) is 0 Å². The molecule has 0 bridgehead atoms. The molecule has 124 valence electrons. The van der Waals surface area contributed by atoms with Crippen molar-refractivity contribution >= 4 is 34.0 Å². The average molecular weight is 348 g/mol. The standard InChI is InChI=1S/C14H21N3O3S.ClH/c1-17(21(2,19)20)9-14(18)16-13-5-3-4-10-8-11(15)6-7-12(10)13;/h6-8,13H,3-5,9,15H2,1-2H3,(H,16,18);1H. The van der Waals surface area contributed by atoms with Crippen LogP contribution in [0.15, 0.2) is 18.2 Å². The van der Waals surface area contributed by atoms with E-state index in [0.29, 0.717) is 0 Å². The number of aryl methyl sites for hydroxylation is 1. The first-order valence-electron chi connectivity index (χ1n) is 6.86. The van der Waals surface area contributed by atoms with Crippen molar-refractivity contribution in [3.05, 3.63) is 29.3 Å². The molecule has 1 amide bonds. The average Bonchev–Trinajstić information content (AvgIpc) is 2.37. The zero-order chi connectivity index (χ0) is 15.6. The first-order valence-corrected chi connectivity index (χ1v) is 8.71. The number of hydrogen-bond donors (Lipinski definition) is 2. The molecule has 2 rings (SSSR count). The largest absolute Gasteiger partial charge is 0.399 e.